The maximum absolute atomic E-state index is 12.9. The van der Waals surface area contributed by atoms with Crippen molar-refractivity contribution in [3.63, 3.8) is 0 Å². The van der Waals surface area contributed by atoms with Gasteiger partial charge in [-0.15, -0.1) is 0 Å². The molecule has 2 aromatic rings. The first kappa shape index (κ1) is 19.6. The molecule has 0 unspecified atom stereocenters. The zero-order valence-corrected chi connectivity index (χ0v) is 15.8. The van der Waals surface area contributed by atoms with Crippen molar-refractivity contribution in [3.8, 4) is 0 Å². The van der Waals surface area contributed by atoms with E-state index in [4.69, 9.17) is 0 Å². The molecule has 3 rings (SSSR count). The van der Waals surface area contributed by atoms with E-state index in [0.717, 1.165) is 4.90 Å². The summed E-state index contributed by atoms with van der Waals surface area (Å²) in [7, 11) is 0. The Morgan fingerprint density at radius 1 is 1.11 bits per heavy atom. The predicted molar refractivity (Wildman–Crippen MR) is 105 cm³/mol. The van der Waals surface area contributed by atoms with Crippen LogP contribution >= 0.6 is 11.8 Å². The van der Waals surface area contributed by atoms with Crippen LogP contribution in [0.25, 0.3) is 0 Å². The fraction of sp³-hybridized carbons (Fsp3) is 0.211. The van der Waals surface area contributed by atoms with E-state index < -0.39 is 28.7 Å². The fourth-order valence-corrected chi connectivity index (χ4v) is 3.45. The summed E-state index contributed by atoms with van der Waals surface area (Å²) in [6, 6.07) is 10.8. The number of thioether (sulfide) groups is 1. The Morgan fingerprint density at radius 3 is 2.18 bits per heavy atom. The Labute approximate surface area is 165 Å². The summed E-state index contributed by atoms with van der Waals surface area (Å²) in [5, 5.41) is 13.4. The lowest BCUT2D eigenvalue weighted by Crippen LogP contribution is -2.47. The van der Waals surface area contributed by atoms with Gasteiger partial charge in [-0.1, -0.05) is 12.1 Å². The quantitative estimate of drug-likeness (QED) is 0.435. The van der Waals surface area contributed by atoms with Crippen LogP contribution in [0.15, 0.2) is 48.5 Å². The highest BCUT2D eigenvalue weighted by molar-refractivity contribution is 7.98. The van der Waals surface area contributed by atoms with Gasteiger partial charge in [-0.05, 0) is 42.7 Å². The molecule has 0 saturated carbocycles. The van der Waals surface area contributed by atoms with Crippen LogP contribution in [0, 0.1) is 10.1 Å². The molecule has 1 aliphatic rings. The van der Waals surface area contributed by atoms with E-state index in [0.29, 0.717) is 17.9 Å². The van der Waals surface area contributed by atoms with Gasteiger partial charge in [0.05, 0.1) is 16.1 Å². The molecule has 0 radical (unpaired) electrons. The summed E-state index contributed by atoms with van der Waals surface area (Å²) in [5.74, 6) is -0.931. The van der Waals surface area contributed by atoms with Gasteiger partial charge >= 0.3 is 0 Å². The second-order valence-electron chi connectivity index (χ2n) is 6.12. The molecule has 1 atom stereocenters. The number of nitro groups is 1. The number of benzene rings is 2. The number of nitro benzene ring substituents is 1. The SMILES string of the molecule is CSCC[C@@H](C(=O)Nc1ccc([N+](=O)[O-])cc1)N1C(=O)c2ccccc2C1=O. The number of imide groups is 1. The van der Waals surface area contributed by atoms with Gasteiger partial charge in [-0.25, -0.2) is 0 Å². The van der Waals surface area contributed by atoms with E-state index in [9.17, 15) is 24.5 Å². The number of rotatable bonds is 7. The molecule has 28 heavy (non-hydrogen) atoms. The number of fused-ring (bicyclic) bond motifs is 1. The maximum Gasteiger partial charge on any atom is 0.269 e. The van der Waals surface area contributed by atoms with Gasteiger partial charge in [-0.2, -0.15) is 11.8 Å². The molecule has 1 aliphatic heterocycles. The zero-order valence-electron chi connectivity index (χ0n) is 15.0. The number of anilines is 1. The average Bonchev–Trinajstić information content (AvgIpc) is 2.94. The molecule has 2 aromatic carbocycles. The van der Waals surface area contributed by atoms with Crippen molar-refractivity contribution in [3.05, 3.63) is 69.8 Å². The van der Waals surface area contributed by atoms with E-state index in [2.05, 4.69) is 5.32 Å². The number of hydrogen-bond donors (Lipinski definition) is 1. The molecule has 0 saturated heterocycles. The number of non-ortho nitro benzene ring substituents is 1. The topological polar surface area (TPSA) is 110 Å². The van der Waals surface area contributed by atoms with Crippen molar-refractivity contribution in [1.29, 1.82) is 0 Å². The number of nitrogens with zero attached hydrogens (tertiary/aromatic N) is 2. The standard InChI is InChI=1S/C19H17N3O5S/c1-28-11-10-16(17(23)20-12-6-8-13(9-7-12)22(26)27)21-18(24)14-4-2-3-5-15(14)19(21)25/h2-9,16H,10-11H2,1H3,(H,20,23)/t16-/m0/s1. The summed E-state index contributed by atoms with van der Waals surface area (Å²) >= 11 is 1.50. The van der Waals surface area contributed by atoms with Crippen LogP contribution in [0.5, 0.6) is 0 Å². The summed E-state index contributed by atoms with van der Waals surface area (Å²) in [6.07, 6.45) is 2.17. The molecule has 3 amide bonds. The van der Waals surface area contributed by atoms with Gasteiger partial charge < -0.3 is 5.32 Å². The molecule has 144 valence electrons. The summed E-state index contributed by atoms with van der Waals surface area (Å²) < 4.78 is 0. The van der Waals surface area contributed by atoms with Crippen LogP contribution < -0.4 is 5.32 Å². The minimum Gasteiger partial charge on any atom is -0.324 e. The van der Waals surface area contributed by atoms with Gasteiger partial charge in [0.2, 0.25) is 5.91 Å². The van der Waals surface area contributed by atoms with E-state index >= 15 is 0 Å². The van der Waals surface area contributed by atoms with Crippen molar-refractivity contribution in [2.45, 2.75) is 12.5 Å². The maximum atomic E-state index is 12.9. The Morgan fingerprint density at radius 2 is 1.68 bits per heavy atom. The van der Waals surface area contributed by atoms with E-state index in [1.807, 2.05) is 6.26 Å². The van der Waals surface area contributed by atoms with Crippen LogP contribution in [-0.2, 0) is 4.79 Å². The summed E-state index contributed by atoms with van der Waals surface area (Å²) in [4.78, 5) is 49.5. The van der Waals surface area contributed by atoms with Gasteiger partial charge in [-0.3, -0.25) is 29.4 Å². The Hall–Kier alpha value is -3.20. The van der Waals surface area contributed by atoms with Crippen molar-refractivity contribution < 1.29 is 19.3 Å². The van der Waals surface area contributed by atoms with Crippen molar-refractivity contribution in [2.75, 3.05) is 17.3 Å². The van der Waals surface area contributed by atoms with E-state index in [-0.39, 0.29) is 16.8 Å². The van der Waals surface area contributed by atoms with Crippen LogP contribution in [0.1, 0.15) is 27.1 Å². The smallest absolute Gasteiger partial charge is 0.269 e. The number of nitrogens with one attached hydrogen (secondary N) is 1. The number of hydrogen-bond acceptors (Lipinski definition) is 6. The van der Waals surface area contributed by atoms with Crippen molar-refractivity contribution >= 4 is 40.9 Å². The largest absolute Gasteiger partial charge is 0.324 e. The van der Waals surface area contributed by atoms with Crippen LogP contribution in [0.2, 0.25) is 0 Å². The van der Waals surface area contributed by atoms with Crippen molar-refractivity contribution in [1.82, 2.24) is 4.90 Å². The first-order valence-electron chi connectivity index (χ1n) is 8.45. The van der Waals surface area contributed by atoms with Gasteiger partial charge in [0.15, 0.2) is 0 Å². The highest BCUT2D eigenvalue weighted by atomic mass is 32.2. The lowest BCUT2D eigenvalue weighted by atomic mass is 10.1. The van der Waals surface area contributed by atoms with Crippen LogP contribution in [0.3, 0.4) is 0 Å². The molecular formula is C19H17N3O5S. The van der Waals surface area contributed by atoms with Crippen LogP contribution in [0.4, 0.5) is 11.4 Å². The second-order valence-corrected chi connectivity index (χ2v) is 7.10. The zero-order chi connectivity index (χ0) is 20.3. The first-order chi connectivity index (χ1) is 13.4. The highest BCUT2D eigenvalue weighted by Crippen LogP contribution is 2.27. The Balaban J connectivity index is 1.84. The Bertz CT molecular complexity index is 910. The molecule has 0 aromatic heterocycles. The normalized spacial score (nSPS) is 14.0. The molecule has 9 heteroatoms. The van der Waals surface area contributed by atoms with Gasteiger partial charge in [0.25, 0.3) is 17.5 Å². The summed E-state index contributed by atoms with van der Waals surface area (Å²) in [5.41, 5.74) is 0.813. The van der Waals surface area contributed by atoms with Gasteiger partial charge in [0, 0.05) is 17.8 Å². The molecule has 8 nitrogen and oxygen atoms in total. The molecule has 1 heterocycles. The third kappa shape index (κ3) is 3.74. The van der Waals surface area contributed by atoms with Crippen LogP contribution in [-0.4, -0.2) is 45.6 Å². The third-order valence-corrected chi connectivity index (χ3v) is 5.02. The van der Waals surface area contributed by atoms with E-state index in [1.165, 1.54) is 36.0 Å². The molecule has 1 N–H and O–H groups in total. The third-order valence-electron chi connectivity index (χ3n) is 4.38. The molecule has 0 aliphatic carbocycles. The predicted octanol–water partition coefficient (Wildman–Crippen LogP) is 2.95. The molecule has 0 fully saturated rings. The molecular weight excluding hydrogens is 382 g/mol. The monoisotopic (exact) mass is 399 g/mol. The first-order valence-corrected chi connectivity index (χ1v) is 9.84. The molecule has 0 spiro atoms. The Kier molecular flexibility index (Phi) is 5.74. The van der Waals surface area contributed by atoms with Crippen molar-refractivity contribution in [2.24, 2.45) is 0 Å². The lowest BCUT2D eigenvalue weighted by Gasteiger charge is -2.25. The average molecular weight is 399 g/mol. The summed E-state index contributed by atoms with van der Waals surface area (Å²) in [6.45, 7) is 0. The number of carbonyl (C=O) groups is 3. The van der Waals surface area contributed by atoms with E-state index in [1.54, 1.807) is 24.3 Å². The minimum absolute atomic E-state index is 0.0997. The second kappa shape index (κ2) is 8.22. The highest BCUT2D eigenvalue weighted by Gasteiger charge is 2.42. The fourth-order valence-electron chi connectivity index (χ4n) is 2.99. The molecule has 0 bridgehead atoms. The lowest BCUT2D eigenvalue weighted by molar-refractivity contribution is -0.384. The number of carbonyl (C=O) groups excluding carboxylic acids is 3. The minimum atomic E-state index is -0.977. The number of amides is 3. The van der Waals surface area contributed by atoms with Gasteiger partial charge in [0.1, 0.15) is 6.04 Å².